The Balaban J connectivity index is 2.08. The molecule has 6 nitrogen and oxygen atoms in total. The maximum absolute atomic E-state index is 14.4. The molecule has 3 rings (SSSR count). The second kappa shape index (κ2) is 8.36. The van der Waals surface area contributed by atoms with Crippen LogP contribution in [0.1, 0.15) is 32.4 Å². The number of carbonyl (C=O) groups excluding carboxylic acids is 2. The summed E-state index contributed by atoms with van der Waals surface area (Å²) in [7, 11) is 1.28. The molecule has 1 heterocycles. The molecule has 0 saturated carbocycles. The first-order valence-corrected chi connectivity index (χ1v) is 9.60. The first-order chi connectivity index (χ1) is 14.1. The molecule has 158 valence electrons. The minimum Gasteiger partial charge on any atom is -0.467 e. The predicted octanol–water partition coefficient (Wildman–Crippen LogP) is 5.54. The Labute approximate surface area is 178 Å². The third kappa shape index (κ3) is 4.74. The Hall–Kier alpha value is -3.06. The molecular weight excluding hydrogens is 411 g/mol. The van der Waals surface area contributed by atoms with Gasteiger partial charge in [-0.2, -0.15) is 0 Å². The van der Waals surface area contributed by atoms with Crippen LogP contribution in [0.3, 0.4) is 0 Å². The summed E-state index contributed by atoms with van der Waals surface area (Å²) in [6.07, 6.45) is 0.935. The monoisotopic (exact) mass is 432 g/mol. The van der Waals surface area contributed by atoms with Gasteiger partial charge >= 0.3 is 12.1 Å². The molecule has 30 heavy (non-hydrogen) atoms. The Bertz CT molecular complexity index is 1090. The van der Waals surface area contributed by atoms with E-state index in [1.54, 1.807) is 61.9 Å². The highest BCUT2D eigenvalue weighted by Gasteiger charge is 2.26. The molecule has 0 aliphatic carbocycles. The number of hydrogen-bond donors (Lipinski definition) is 1. The van der Waals surface area contributed by atoms with Crippen LogP contribution in [0.2, 0.25) is 5.02 Å². The summed E-state index contributed by atoms with van der Waals surface area (Å²) in [5, 5.41) is 3.65. The van der Waals surface area contributed by atoms with Gasteiger partial charge in [-0.25, -0.2) is 14.0 Å². The molecule has 8 heteroatoms. The second-order valence-electron chi connectivity index (χ2n) is 7.71. The van der Waals surface area contributed by atoms with E-state index in [4.69, 9.17) is 21.1 Å². The molecular formula is C22H22ClFN2O4. The SMILES string of the molecule is COC(=O)C(c1ccc(Cl)cc1)n1ccc2c(NC(=O)OC(C)(C)C)cc(F)cc21. The van der Waals surface area contributed by atoms with Crippen LogP contribution in [0.15, 0.2) is 48.7 Å². The number of benzene rings is 2. The van der Waals surface area contributed by atoms with Crippen LogP contribution in [0.5, 0.6) is 0 Å². The maximum Gasteiger partial charge on any atom is 0.412 e. The number of nitrogens with one attached hydrogen (secondary N) is 1. The Morgan fingerprint density at radius 2 is 1.80 bits per heavy atom. The van der Waals surface area contributed by atoms with Gasteiger partial charge in [-0.3, -0.25) is 5.32 Å². The molecule has 0 radical (unpaired) electrons. The number of rotatable bonds is 4. The topological polar surface area (TPSA) is 69.6 Å². The number of methoxy groups -OCH3 is 1. The van der Waals surface area contributed by atoms with Crippen molar-refractivity contribution in [1.82, 2.24) is 4.57 Å². The molecule has 1 amide bonds. The van der Waals surface area contributed by atoms with E-state index >= 15 is 0 Å². The quantitative estimate of drug-likeness (QED) is 0.549. The summed E-state index contributed by atoms with van der Waals surface area (Å²) in [4.78, 5) is 24.8. The summed E-state index contributed by atoms with van der Waals surface area (Å²) in [6.45, 7) is 5.20. The highest BCUT2D eigenvalue weighted by atomic mass is 35.5. The molecule has 0 saturated heterocycles. The van der Waals surface area contributed by atoms with Gasteiger partial charge in [0.1, 0.15) is 11.4 Å². The van der Waals surface area contributed by atoms with Crippen LogP contribution < -0.4 is 5.32 Å². The lowest BCUT2D eigenvalue weighted by molar-refractivity contribution is -0.143. The van der Waals surface area contributed by atoms with Gasteiger partial charge in [0.25, 0.3) is 0 Å². The average Bonchev–Trinajstić information content (AvgIpc) is 3.05. The average molecular weight is 433 g/mol. The van der Waals surface area contributed by atoms with Gasteiger partial charge in [-0.1, -0.05) is 23.7 Å². The first kappa shape index (κ1) is 21.6. The standard InChI is InChI=1S/C22H22ClFN2O4/c1-22(2,3)30-21(28)25-17-11-15(24)12-18-16(17)9-10-26(18)19(20(27)29-4)13-5-7-14(23)8-6-13/h5-12,19H,1-4H3,(H,25,28). The minimum absolute atomic E-state index is 0.234. The van der Waals surface area contributed by atoms with Gasteiger partial charge in [0.15, 0.2) is 6.04 Å². The van der Waals surface area contributed by atoms with Crippen molar-refractivity contribution in [3.8, 4) is 0 Å². The molecule has 0 bridgehead atoms. The fourth-order valence-electron chi connectivity index (χ4n) is 3.14. The number of ether oxygens (including phenoxy) is 2. The largest absolute Gasteiger partial charge is 0.467 e. The van der Waals surface area contributed by atoms with Crippen molar-refractivity contribution in [3.63, 3.8) is 0 Å². The summed E-state index contributed by atoms with van der Waals surface area (Å²) in [5.74, 6) is -1.10. The molecule has 0 aliphatic rings. The molecule has 0 aliphatic heterocycles. The van der Waals surface area contributed by atoms with Crippen LogP contribution in [-0.4, -0.2) is 29.3 Å². The highest BCUT2D eigenvalue weighted by Crippen LogP contribution is 2.32. The summed E-state index contributed by atoms with van der Waals surface area (Å²) < 4.78 is 26.2. The van der Waals surface area contributed by atoms with Crippen LogP contribution in [0.25, 0.3) is 10.9 Å². The third-order valence-corrected chi connectivity index (χ3v) is 4.58. The zero-order valence-electron chi connectivity index (χ0n) is 17.0. The van der Waals surface area contributed by atoms with Crippen molar-refractivity contribution in [1.29, 1.82) is 0 Å². The number of nitrogens with zero attached hydrogens (tertiary/aromatic N) is 1. The van der Waals surface area contributed by atoms with Crippen LogP contribution in [0.4, 0.5) is 14.9 Å². The van der Waals surface area contributed by atoms with Gasteiger partial charge in [0.2, 0.25) is 0 Å². The van der Waals surface area contributed by atoms with Gasteiger partial charge in [0, 0.05) is 16.6 Å². The van der Waals surface area contributed by atoms with E-state index in [0.29, 0.717) is 21.5 Å². The van der Waals surface area contributed by atoms with Gasteiger partial charge in [-0.05, 0) is 56.7 Å². The number of aromatic nitrogens is 1. The Kier molecular flexibility index (Phi) is 6.03. The lowest BCUT2D eigenvalue weighted by atomic mass is 10.1. The second-order valence-corrected chi connectivity index (χ2v) is 8.15. The Morgan fingerprint density at radius 1 is 1.13 bits per heavy atom. The van der Waals surface area contributed by atoms with E-state index in [2.05, 4.69) is 5.32 Å². The summed E-state index contributed by atoms with van der Waals surface area (Å²) >= 11 is 5.96. The summed E-state index contributed by atoms with van der Waals surface area (Å²) in [6, 6.07) is 10.1. The van der Waals surface area contributed by atoms with Crippen LogP contribution in [-0.2, 0) is 14.3 Å². The number of hydrogen-bond acceptors (Lipinski definition) is 4. The van der Waals surface area contributed by atoms with Crippen molar-refractivity contribution >= 4 is 40.3 Å². The predicted molar refractivity (Wildman–Crippen MR) is 113 cm³/mol. The molecule has 1 aromatic heterocycles. The maximum atomic E-state index is 14.4. The molecule has 0 spiro atoms. The number of amides is 1. The van der Waals surface area contributed by atoms with Crippen molar-refractivity contribution in [3.05, 3.63) is 65.1 Å². The van der Waals surface area contributed by atoms with Crippen LogP contribution in [0, 0.1) is 5.82 Å². The van der Waals surface area contributed by atoms with E-state index in [1.165, 1.54) is 19.2 Å². The zero-order valence-corrected chi connectivity index (χ0v) is 17.8. The van der Waals surface area contributed by atoms with E-state index in [1.807, 2.05) is 0 Å². The van der Waals surface area contributed by atoms with Crippen molar-refractivity contribution < 1.29 is 23.5 Å². The van der Waals surface area contributed by atoms with Crippen LogP contribution >= 0.6 is 11.6 Å². The molecule has 2 aromatic carbocycles. The lowest BCUT2D eigenvalue weighted by Gasteiger charge is -2.20. The van der Waals surface area contributed by atoms with Crippen molar-refractivity contribution in [2.24, 2.45) is 0 Å². The number of esters is 1. The molecule has 1 atom stereocenters. The summed E-state index contributed by atoms with van der Waals surface area (Å²) in [5.41, 5.74) is 0.561. The minimum atomic E-state index is -0.860. The highest BCUT2D eigenvalue weighted by molar-refractivity contribution is 6.30. The number of halogens is 2. The lowest BCUT2D eigenvalue weighted by Crippen LogP contribution is -2.27. The normalized spacial score (nSPS) is 12.5. The number of carbonyl (C=O) groups is 2. The molecule has 0 fully saturated rings. The van der Waals surface area contributed by atoms with E-state index < -0.39 is 29.5 Å². The van der Waals surface area contributed by atoms with Gasteiger partial charge in [0.05, 0.1) is 18.3 Å². The van der Waals surface area contributed by atoms with E-state index in [-0.39, 0.29) is 5.69 Å². The third-order valence-electron chi connectivity index (χ3n) is 4.33. The smallest absolute Gasteiger partial charge is 0.412 e. The fraction of sp³-hybridized carbons (Fsp3) is 0.273. The first-order valence-electron chi connectivity index (χ1n) is 9.22. The van der Waals surface area contributed by atoms with Gasteiger partial charge in [-0.15, -0.1) is 0 Å². The van der Waals surface area contributed by atoms with Gasteiger partial charge < -0.3 is 14.0 Å². The molecule has 1 N–H and O–H groups in total. The zero-order chi connectivity index (χ0) is 22.1. The van der Waals surface area contributed by atoms with Crippen molar-refractivity contribution in [2.75, 3.05) is 12.4 Å². The van der Waals surface area contributed by atoms with E-state index in [9.17, 15) is 14.0 Å². The molecule has 1 unspecified atom stereocenters. The number of fused-ring (bicyclic) bond motifs is 1. The fourth-order valence-corrected chi connectivity index (χ4v) is 3.26. The Morgan fingerprint density at radius 3 is 2.40 bits per heavy atom. The number of anilines is 1. The molecule has 3 aromatic rings. The van der Waals surface area contributed by atoms with E-state index in [0.717, 1.165) is 0 Å². The van der Waals surface area contributed by atoms with Crippen molar-refractivity contribution in [2.45, 2.75) is 32.4 Å².